The first-order chi connectivity index (χ1) is 9.24. The zero-order chi connectivity index (χ0) is 13.9. The number of nitrogens with one attached hydrogen (secondary N) is 1. The van der Waals surface area contributed by atoms with Crippen molar-refractivity contribution in [2.24, 2.45) is 10.8 Å². The quantitative estimate of drug-likeness (QED) is 0.331. The lowest BCUT2D eigenvalue weighted by Crippen LogP contribution is -2.24. The molecule has 1 aromatic carbocycles. The minimum Gasteiger partial charge on any atom is -0.350 e. The molecule has 104 valence electrons. The van der Waals surface area contributed by atoms with Crippen molar-refractivity contribution in [1.82, 2.24) is 5.43 Å². The van der Waals surface area contributed by atoms with Crippen molar-refractivity contribution >= 4 is 24.0 Å². The molecule has 0 radical (unpaired) electrons. The standard InChI is InChI=1S/C14H21N3OS/c1-2-3-4-7-10-19-13-9-6-5-8-12(13)11-16-17-14(15)18/h5-6,8-9,11H,2-4,7,10H2,1H3,(H3,15,17,18). The van der Waals surface area contributed by atoms with Gasteiger partial charge in [-0.1, -0.05) is 44.4 Å². The minimum atomic E-state index is -0.652. The Balaban J connectivity index is 2.48. The Hall–Kier alpha value is -1.49. The Kier molecular flexibility index (Phi) is 7.74. The van der Waals surface area contributed by atoms with E-state index in [1.165, 1.54) is 30.6 Å². The molecule has 0 aromatic heterocycles. The number of rotatable bonds is 8. The third-order valence-corrected chi connectivity index (χ3v) is 3.73. The number of hydrogen-bond acceptors (Lipinski definition) is 3. The van der Waals surface area contributed by atoms with Crippen LogP contribution in [0.5, 0.6) is 0 Å². The van der Waals surface area contributed by atoms with Gasteiger partial charge in [0, 0.05) is 10.5 Å². The summed E-state index contributed by atoms with van der Waals surface area (Å²) in [6, 6.07) is 7.34. The molecule has 0 aliphatic heterocycles. The van der Waals surface area contributed by atoms with Crippen LogP contribution >= 0.6 is 11.8 Å². The van der Waals surface area contributed by atoms with E-state index >= 15 is 0 Å². The van der Waals surface area contributed by atoms with Crippen molar-refractivity contribution in [1.29, 1.82) is 0 Å². The summed E-state index contributed by atoms with van der Waals surface area (Å²) < 4.78 is 0. The lowest BCUT2D eigenvalue weighted by Gasteiger charge is -2.05. The second-order valence-corrected chi connectivity index (χ2v) is 5.32. The predicted molar refractivity (Wildman–Crippen MR) is 81.6 cm³/mol. The van der Waals surface area contributed by atoms with Gasteiger partial charge in [0.05, 0.1) is 6.21 Å². The number of benzene rings is 1. The van der Waals surface area contributed by atoms with Crippen molar-refractivity contribution in [2.45, 2.75) is 37.5 Å². The molecule has 0 saturated carbocycles. The number of hydrazone groups is 1. The average molecular weight is 279 g/mol. The van der Waals surface area contributed by atoms with Gasteiger partial charge in [0.1, 0.15) is 0 Å². The van der Waals surface area contributed by atoms with Crippen molar-refractivity contribution in [3.63, 3.8) is 0 Å². The number of nitrogens with two attached hydrogens (primary N) is 1. The number of hydrogen-bond donors (Lipinski definition) is 2. The topological polar surface area (TPSA) is 67.5 Å². The molecule has 3 N–H and O–H groups in total. The van der Waals surface area contributed by atoms with E-state index in [9.17, 15) is 4.79 Å². The molecule has 5 heteroatoms. The van der Waals surface area contributed by atoms with Crippen LogP contribution in [0.25, 0.3) is 0 Å². The largest absolute Gasteiger partial charge is 0.350 e. The molecule has 0 fully saturated rings. The van der Waals surface area contributed by atoms with Gasteiger partial charge in [-0.05, 0) is 18.2 Å². The minimum absolute atomic E-state index is 0.652. The van der Waals surface area contributed by atoms with Crippen molar-refractivity contribution in [3.8, 4) is 0 Å². The SMILES string of the molecule is CCCCCCSc1ccccc1C=NNC(N)=O. The van der Waals surface area contributed by atoms with Crippen LogP contribution in [0, 0.1) is 0 Å². The van der Waals surface area contributed by atoms with Gasteiger partial charge < -0.3 is 5.73 Å². The smallest absolute Gasteiger partial charge is 0.332 e. The van der Waals surface area contributed by atoms with E-state index in [0.29, 0.717) is 0 Å². The molecule has 0 spiro atoms. The number of carbonyl (C=O) groups is 1. The van der Waals surface area contributed by atoms with E-state index in [2.05, 4.69) is 23.5 Å². The maximum atomic E-state index is 10.5. The van der Waals surface area contributed by atoms with Crippen molar-refractivity contribution in [3.05, 3.63) is 29.8 Å². The summed E-state index contributed by atoms with van der Waals surface area (Å²) >= 11 is 1.82. The van der Waals surface area contributed by atoms with Crippen LogP contribution < -0.4 is 11.2 Å². The molecule has 0 heterocycles. The normalized spacial score (nSPS) is 10.8. The molecule has 0 bridgehead atoms. The molecule has 2 amide bonds. The molecule has 1 rings (SSSR count). The van der Waals surface area contributed by atoms with Crippen LogP contribution in [0.4, 0.5) is 4.79 Å². The van der Waals surface area contributed by atoms with E-state index in [1.807, 2.05) is 30.0 Å². The summed E-state index contributed by atoms with van der Waals surface area (Å²) in [6.07, 6.45) is 6.69. The van der Waals surface area contributed by atoms with Crippen molar-refractivity contribution < 1.29 is 4.79 Å². The molecule has 0 aliphatic rings. The Morgan fingerprint density at radius 3 is 2.89 bits per heavy atom. The van der Waals surface area contributed by atoms with E-state index in [0.717, 1.165) is 11.3 Å². The first kappa shape index (κ1) is 15.6. The summed E-state index contributed by atoms with van der Waals surface area (Å²) in [4.78, 5) is 11.7. The summed E-state index contributed by atoms with van der Waals surface area (Å²) in [7, 11) is 0. The van der Waals surface area contributed by atoms with Gasteiger partial charge in [-0.15, -0.1) is 11.8 Å². The summed E-state index contributed by atoms with van der Waals surface area (Å²) in [6.45, 7) is 2.21. The van der Waals surface area contributed by atoms with E-state index in [4.69, 9.17) is 5.73 Å². The lowest BCUT2D eigenvalue weighted by atomic mass is 10.2. The number of carbonyl (C=O) groups excluding carboxylic acids is 1. The second-order valence-electron chi connectivity index (χ2n) is 4.18. The lowest BCUT2D eigenvalue weighted by molar-refractivity contribution is 0.249. The molecular weight excluding hydrogens is 258 g/mol. The fourth-order valence-corrected chi connectivity index (χ4v) is 2.63. The molecule has 0 unspecified atom stereocenters. The number of amides is 2. The molecular formula is C14H21N3OS. The number of urea groups is 1. The van der Waals surface area contributed by atoms with E-state index in [-0.39, 0.29) is 0 Å². The number of unbranched alkanes of at least 4 members (excludes halogenated alkanes) is 3. The van der Waals surface area contributed by atoms with Gasteiger partial charge in [-0.3, -0.25) is 0 Å². The number of nitrogens with zero attached hydrogens (tertiary/aromatic N) is 1. The zero-order valence-corrected chi connectivity index (χ0v) is 12.1. The number of primary amides is 1. The number of thioether (sulfide) groups is 1. The van der Waals surface area contributed by atoms with Crippen LogP contribution in [0.15, 0.2) is 34.3 Å². The van der Waals surface area contributed by atoms with Gasteiger partial charge in [0.25, 0.3) is 0 Å². The van der Waals surface area contributed by atoms with Crippen molar-refractivity contribution in [2.75, 3.05) is 5.75 Å². The predicted octanol–water partition coefficient (Wildman–Crippen LogP) is 3.36. The molecule has 0 aliphatic carbocycles. The first-order valence-electron chi connectivity index (χ1n) is 6.54. The Labute approximate surface area is 118 Å². The maximum Gasteiger partial charge on any atom is 0.332 e. The Morgan fingerprint density at radius 1 is 1.37 bits per heavy atom. The van der Waals surface area contributed by atoms with Crippen LogP contribution in [-0.2, 0) is 0 Å². The third kappa shape index (κ3) is 6.86. The molecule has 0 atom stereocenters. The highest BCUT2D eigenvalue weighted by molar-refractivity contribution is 7.99. The van der Waals surface area contributed by atoms with Gasteiger partial charge in [0.15, 0.2) is 0 Å². The summed E-state index contributed by atoms with van der Waals surface area (Å²) in [5.74, 6) is 1.11. The maximum absolute atomic E-state index is 10.5. The van der Waals surface area contributed by atoms with Crippen LogP contribution in [-0.4, -0.2) is 18.0 Å². The van der Waals surface area contributed by atoms with E-state index < -0.39 is 6.03 Å². The highest BCUT2D eigenvalue weighted by Gasteiger charge is 2.00. The monoisotopic (exact) mass is 279 g/mol. The zero-order valence-electron chi connectivity index (χ0n) is 11.3. The average Bonchev–Trinajstić information content (AvgIpc) is 2.40. The summed E-state index contributed by atoms with van der Waals surface area (Å²) in [5.41, 5.74) is 8.15. The molecule has 1 aromatic rings. The fraction of sp³-hybridized carbons (Fsp3) is 0.429. The Bertz CT molecular complexity index is 421. The first-order valence-corrected chi connectivity index (χ1v) is 7.53. The highest BCUT2D eigenvalue weighted by Crippen LogP contribution is 2.22. The fourth-order valence-electron chi connectivity index (χ4n) is 1.60. The van der Waals surface area contributed by atoms with Crippen LogP contribution in [0.2, 0.25) is 0 Å². The third-order valence-electron chi connectivity index (χ3n) is 2.55. The molecule has 0 saturated heterocycles. The van der Waals surface area contributed by atoms with Gasteiger partial charge in [0.2, 0.25) is 0 Å². The van der Waals surface area contributed by atoms with Crippen LogP contribution in [0.3, 0.4) is 0 Å². The Morgan fingerprint density at radius 2 is 2.16 bits per heavy atom. The van der Waals surface area contributed by atoms with Gasteiger partial charge >= 0.3 is 6.03 Å². The van der Waals surface area contributed by atoms with Crippen LogP contribution in [0.1, 0.15) is 38.2 Å². The molecule has 19 heavy (non-hydrogen) atoms. The highest BCUT2D eigenvalue weighted by atomic mass is 32.2. The van der Waals surface area contributed by atoms with Gasteiger partial charge in [-0.25, -0.2) is 10.2 Å². The molecule has 4 nitrogen and oxygen atoms in total. The summed E-state index contributed by atoms with van der Waals surface area (Å²) in [5, 5.41) is 3.80. The second kappa shape index (κ2) is 9.44. The van der Waals surface area contributed by atoms with E-state index in [1.54, 1.807) is 6.21 Å². The van der Waals surface area contributed by atoms with Gasteiger partial charge in [-0.2, -0.15) is 5.10 Å².